The largest absolute Gasteiger partial charge is 0.416 e. The highest BCUT2D eigenvalue weighted by Crippen LogP contribution is 2.36. The van der Waals surface area contributed by atoms with E-state index in [-0.39, 0.29) is 0 Å². The van der Waals surface area contributed by atoms with Crippen molar-refractivity contribution in [2.45, 2.75) is 25.3 Å². The van der Waals surface area contributed by atoms with Crippen LogP contribution in [0.15, 0.2) is 18.2 Å². The van der Waals surface area contributed by atoms with E-state index in [1.165, 1.54) is 0 Å². The molecule has 3 N–H and O–H groups in total. The molecule has 0 aromatic heterocycles. The lowest BCUT2D eigenvalue weighted by atomic mass is 9.97. The van der Waals surface area contributed by atoms with Crippen LogP contribution < -0.4 is 5.32 Å². The molecule has 1 aromatic rings. The molecule has 1 rings (SSSR count). The molecule has 0 aliphatic rings. The summed E-state index contributed by atoms with van der Waals surface area (Å²) in [4.78, 5) is 10.6. The Balaban J connectivity index is 3.08. The van der Waals surface area contributed by atoms with E-state index in [1.54, 1.807) is 0 Å². The average molecular weight is 295 g/mol. The molecule has 0 aliphatic carbocycles. The number of hydrogen-bond donors (Lipinski definition) is 3. The molecule has 8 heteroatoms. The fraction of sp³-hybridized carbons (Fsp3) is 0.417. The van der Waals surface area contributed by atoms with Gasteiger partial charge in [0, 0.05) is 19.0 Å². The van der Waals surface area contributed by atoms with E-state index in [9.17, 15) is 32.6 Å². The Labute approximate surface area is 112 Å². The van der Waals surface area contributed by atoms with Gasteiger partial charge in [-0.1, -0.05) is 6.07 Å². The van der Waals surface area contributed by atoms with Crippen molar-refractivity contribution in [3.8, 4) is 0 Å². The van der Waals surface area contributed by atoms with Crippen molar-refractivity contribution >= 4 is 5.91 Å². The molecule has 0 heterocycles. The Morgan fingerprint density at radius 2 is 1.95 bits per heavy atom. The molecule has 20 heavy (non-hydrogen) atoms. The first-order valence-corrected chi connectivity index (χ1v) is 5.60. The van der Waals surface area contributed by atoms with Gasteiger partial charge in [-0.15, -0.1) is 0 Å². The first-order chi connectivity index (χ1) is 9.14. The Morgan fingerprint density at radius 1 is 1.35 bits per heavy atom. The summed E-state index contributed by atoms with van der Waals surface area (Å²) in [6, 6.07) is 2.21. The predicted octanol–water partition coefficient (Wildman–Crippen LogP) is 1.37. The second-order valence-electron chi connectivity index (χ2n) is 4.15. The van der Waals surface area contributed by atoms with E-state index in [1.807, 2.05) is 0 Å². The number of carbonyl (C=O) groups is 1. The van der Waals surface area contributed by atoms with Gasteiger partial charge >= 0.3 is 6.18 Å². The monoisotopic (exact) mass is 295 g/mol. The van der Waals surface area contributed by atoms with Gasteiger partial charge in [0.25, 0.3) is 0 Å². The lowest BCUT2D eigenvalue weighted by molar-refractivity contribution is -0.140. The first kappa shape index (κ1) is 16.4. The van der Waals surface area contributed by atoms with Crippen LogP contribution in [0.2, 0.25) is 0 Å². The van der Waals surface area contributed by atoms with Gasteiger partial charge in [0.1, 0.15) is 18.0 Å². The summed E-state index contributed by atoms with van der Waals surface area (Å²) in [6.07, 6.45) is -8.75. The quantitative estimate of drug-likeness (QED) is 0.735. The number of aliphatic hydroxyl groups excluding tert-OH is 2. The molecular weight excluding hydrogens is 282 g/mol. The molecule has 0 saturated carbocycles. The van der Waals surface area contributed by atoms with E-state index in [0.29, 0.717) is 6.07 Å². The van der Waals surface area contributed by atoms with Crippen LogP contribution in [-0.4, -0.2) is 28.8 Å². The number of aliphatic hydroxyl groups is 2. The van der Waals surface area contributed by atoms with Gasteiger partial charge < -0.3 is 15.5 Å². The molecule has 0 aliphatic heterocycles. The Bertz CT molecular complexity index is 490. The van der Waals surface area contributed by atoms with Crippen LogP contribution in [0.5, 0.6) is 0 Å². The topological polar surface area (TPSA) is 69.6 Å². The summed E-state index contributed by atoms with van der Waals surface area (Å²) < 4.78 is 51.7. The summed E-state index contributed by atoms with van der Waals surface area (Å²) in [6.45, 7) is 0.630. The zero-order valence-electron chi connectivity index (χ0n) is 10.4. The minimum Gasteiger partial charge on any atom is -0.388 e. The number of rotatable bonds is 4. The number of amides is 1. The molecule has 112 valence electrons. The first-order valence-electron chi connectivity index (χ1n) is 5.60. The van der Waals surface area contributed by atoms with Crippen molar-refractivity contribution < 1.29 is 32.6 Å². The van der Waals surface area contributed by atoms with Crippen molar-refractivity contribution in [3.05, 3.63) is 35.1 Å². The lowest BCUT2D eigenvalue weighted by Gasteiger charge is -2.22. The number of carbonyl (C=O) groups excluding carboxylic acids is 1. The normalized spacial score (nSPS) is 14.8. The zero-order valence-corrected chi connectivity index (χ0v) is 10.4. The lowest BCUT2D eigenvalue weighted by Crippen LogP contribution is -2.35. The van der Waals surface area contributed by atoms with E-state index in [0.717, 1.165) is 19.1 Å². The fourth-order valence-electron chi connectivity index (χ4n) is 1.64. The third-order valence-electron chi connectivity index (χ3n) is 2.58. The molecule has 4 nitrogen and oxygen atoms in total. The summed E-state index contributed by atoms with van der Waals surface area (Å²) in [5.74, 6) is -1.82. The zero-order chi connectivity index (χ0) is 15.5. The molecule has 2 unspecified atom stereocenters. The number of benzene rings is 1. The molecular formula is C12H13F4NO3. The summed E-state index contributed by atoms with van der Waals surface area (Å²) >= 11 is 0. The van der Waals surface area contributed by atoms with Gasteiger partial charge in [-0.25, -0.2) is 4.39 Å². The van der Waals surface area contributed by atoms with Crippen molar-refractivity contribution in [2.24, 2.45) is 0 Å². The highest BCUT2D eigenvalue weighted by molar-refractivity contribution is 5.72. The maximum atomic E-state index is 13.5. The smallest absolute Gasteiger partial charge is 0.388 e. The van der Waals surface area contributed by atoms with Gasteiger partial charge in [-0.05, 0) is 12.1 Å². The van der Waals surface area contributed by atoms with E-state index in [2.05, 4.69) is 5.32 Å². The van der Waals surface area contributed by atoms with Crippen LogP contribution in [-0.2, 0) is 11.0 Å². The maximum absolute atomic E-state index is 13.5. The van der Waals surface area contributed by atoms with Gasteiger partial charge in [0.05, 0.1) is 5.56 Å². The molecule has 0 radical (unpaired) electrons. The average Bonchev–Trinajstić information content (AvgIpc) is 2.33. The van der Waals surface area contributed by atoms with Gasteiger partial charge in [0.2, 0.25) is 5.91 Å². The highest BCUT2D eigenvalue weighted by Gasteiger charge is 2.38. The Morgan fingerprint density at radius 3 is 2.45 bits per heavy atom. The van der Waals surface area contributed by atoms with Crippen molar-refractivity contribution in [1.29, 1.82) is 0 Å². The maximum Gasteiger partial charge on any atom is 0.416 e. The molecule has 2 atom stereocenters. The van der Waals surface area contributed by atoms with Gasteiger partial charge in [0.15, 0.2) is 0 Å². The minimum atomic E-state index is -4.87. The standard InChI is InChI=1S/C12H13F4NO3/c1-6(18)17-5-9(19)11(20)10-7(12(14,15)16)3-2-4-8(10)13/h2-4,9,11,19-20H,5H2,1H3,(H,17,18). The molecule has 0 fully saturated rings. The molecule has 1 aromatic carbocycles. The third kappa shape index (κ3) is 3.91. The summed E-state index contributed by atoms with van der Waals surface area (Å²) in [5.41, 5.74) is -2.41. The fourth-order valence-corrected chi connectivity index (χ4v) is 1.64. The van der Waals surface area contributed by atoms with Crippen LogP contribution in [0.25, 0.3) is 0 Å². The van der Waals surface area contributed by atoms with Crippen molar-refractivity contribution in [3.63, 3.8) is 0 Å². The third-order valence-corrected chi connectivity index (χ3v) is 2.58. The molecule has 0 spiro atoms. The Hall–Kier alpha value is -1.67. The second-order valence-corrected chi connectivity index (χ2v) is 4.15. The molecule has 0 bridgehead atoms. The summed E-state index contributed by atoms with van der Waals surface area (Å²) in [5, 5.41) is 21.3. The minimum absolute atomic E-state index is 0.498. The molecule has 1 amide bonds. The Kier molecular flexibility index (Phi) is 5.07. The van der Waals surface area contributed by atoms with E-state index in [4.69, 9.17) is 0 Å². The molecule has 0 saturated heterocycles. The van der Waals surface area contributed by atoms with Crippen LogP contribution in [0.4, 0.5) is 17.6 Å². The van der Waals surface area contributed by atoms with E-state index >= 15 is 0 Å². The van der Waals surface area contributed by atoms with Crippen LogP contribution in [0.3, 0.4) is 0 Å². The van der Waals surface area contributed by atoms with Gasteiger partial charge in [-0.3, -0.25) is 4.79 Å². The van der Waals surface area contributed by atoms with Crippen LogP contribution in [0.1, 0.15) is 24.2 Å². The number of alkyl halides is 3. The van der Waals surface area contributed by atoms with Gasteiger partial charge in [-0.2, -0.15) is 13.2 Å². The summed E-state index contributed by atoms with van der Waals surface area (Å²) in [7, 11) is 0. The van der Waals surface area contributed by atoms with E-state index < -0.39 is 47.8 Å². The number of nitrogens with one attached hydrogen (secondary N) is 1. The predicted molar refractivity (Wildman–Crippen MR) is 61.1 cm³/mol. The highest BCUT2D eigenvalue weighted by atomic mass is 19.4. The van der Waals surface area contributed by atoms with Crippen molar-refractivity contribution in [1.82, 2.24) is 5.32 Å². The van der Waals surface area contributed by atoms with Crippen LogP contribution in [0, 0.1) is 5.82 Å². The second kappa shape index (κ2) is 6.19. The van der Waals surface area contributed by atoms with Crippen LogP contribution >= 0.6 is 0 Å². The number of hydrogen-bond acceptors (Lipinski definition) is 3. The van der Waals surface area contributed by atoms with Crippen molar-refractivity contribution in [2.75, 3.05) is 6.54 Å². The number of halogens is 4. The SMILES string of the molecule is CC(=O)NCC(O)C(O)c1c(F)cccc1C(F)(F)F.